The van der Waals surface area contributed by atoms with Crippen LogP contribution in [0, 0.1) is 0 Å². The van der Waals surface area contributed by atoms with Crippen molar-refractivity contribution in [3.05, 3.63) is 89.5 Å². The Morgan fingerprint density at radius 3 is 2.07 bits per heavy atom. The molecule has 3 saturated heterocycles. The Kier molecular flexibility index (Phi) is 6.97. The van der Waals surface area contributed by atoms with Crippen LogP contribution in [-0.4, -0.2) is 71.9 Å². The van der Waals surface area contributed by atoms with Gasteiger partial charge in [-0.25, -0.2) is 4.79 Å². The summed E-state index contributed by atoms with van der Waals surface area (Å²) in [7, 11) is -0.456. The number of ether oxygens (including phenoxy) is 2. The molecule has 7 nitrogen and oxygen atoms in total. The van der Waals surface area contributed by atoms with E-state index in [1.54, 1.807) is 0 Å². The largest absolute Gasteiger partial charge is 0.494 e. The number of benzene rings is 3. The molecule has 2 unspecified atom stereocenters. The minimum Gasteiger partial charge on any atom is -0.448 e. The van der Waals surface area contributed by atoms with E-state index >= 15 is 0 Å². The van der Waals surface area contributed by atoms with Gasteiger partial charge in [0, 0.05) is 12.3 Å². The van der Waals surface area contributed by atoms with E-state index < -0.39 is 23.9 Å². The molecule has 1 aliphatic carbocycles. The van der Waals surface area contributed by atoms with Gasteiger partial charge in [0.2, 0.25) is 0 Å². The first kappa shape index (κ1) is 28.6. The Morgan fingerprint density at radius 2 is 1.47 bits per heavy atom. The second kappa shape index (κ2) is 10.5. The van der Waals surface area contributed by atoms with Gasteiger partial charge >= 0.3 is 13.2 Å². The summed E-state index contributed by atoms with van der Waals surface area (Å²) in [6, 6.07) is 24.3. The van der Waals surface area contributed by atoms with E-state index in [1.165, 1.54) is 22.3 Å². The number of aliphatic hydroxyl groups is 1. The molecule has 0 aromatic heterocycles. The molecule has 1 N–H and O–H groups in total. The second-order valence-corrected chi connectivity index (χ2v) is 13.7. The average molecular weight is 582 g/mol. The normalized spacial score (nSPS) is 27.1. The lowest BCUT2D eigenvalue weighted by molar-refractivity contribution is -0.132. The third kappa shape index (κ3) is 5.08. The summed E-state index contributed by atoms with van der Waals surface area (Å²) < 4.78 is 24.4. The van der Waals surface area contributed by atoms with Gasteiger partial charge in [-0.05, 0) is 73.8 Å². The van der Waals surface area contributed by atoms with Crippen LogP contribution in [0.3, 0.4) is 0 Å². The summed E-state index contributed by atoms with van der Waals surface area (Å²) in [6.07, 6.45) is 0.999. The lowest BCUT2D eigenvalue weighted by atomic mass is 9.75. The van der Waals surface area contributed by atoms with Crippen LogP contribution in [0.2, 0.25) is 0 Å². The predicted octanol–water partition coefficient (Wildman–Crippen LogP) is 5.07. The minimum absolute atomic E-state index is 0.00502. The third-order valence-electron chi connectivity index (χ3n) is 10.2. The third-order valence-corrected chi connectivity index (χ3v) is 10.2. The summed E-state index contributed by atoms with van der Waals surface area (Å²) in [5.41, 5.74) is 4.94. The van der Waals surface area contributed by atoms with E-state index in [9.17, 15) is 9.90 Å². The van der Waals surface area contributed by atoms with Crippen LogP contribution < -0.4 is 5.46 Å². The first-order valence-corrected chi connectivity index (χ1v) is 15.4. The molecule has 43 heavy (non-hydrogen) atoms. The molecule has 3 aromatic carbocycles. The first-order chi connectivity index (χ1) is 20.5. The number of fused-ring (bicyclic) bond motifs is 5. The Hall–Kier alpha value is -3.17. The van der Waals surface area contributed by atoms with Crippen molar-refractivity contribution in [2.45, 2.75) is 81.8 Å². The smallest absolute Gasteiger partial charge is 0.448 e. The molecule has 3 fully saturated rings. The summed E-state index contributed by atoms with van der Waals surface area (Å²) >= 11 is 0. The average Bonchev–Trinajstić information content (AvgIpc) is 3.40. The van der Waals surface area contributed by atoms with Crippen molar-refractivity contribution >= 4 is 18.7 Å². The van der Waals surface area contributed by atoms with Gasteiger partial charge in [-0.15, -0.1) is 0 Å². The second-order valence-electron chi connectivity index (χ2n) is 13.7. The molecule has 3 heterocycles. The predicted molar refractivity (Wildman–Crippen MR) is 165 cm³/mol. The molecular weight excluding hydrogens is 541 g/mol. The molecule has 1 amide bonds. The van der Waals surface area contributed by atoms with Gasteiger partial charge in [-0.3, -0.25) is 4.90 Å². The summed E-state index contributed by atoms with van der Waals surface area (Å²) in [5.74, 6) is 0.00502. The minimum atomic E-state index is -0.965. The van der Waals surface area contributed by atoms with Crippen LogP contribution in [0.15, 0.2) is 72.8 Å². The Bertz CT molecular complexity index is 1460. The SMILES string of the molecule is CC1(C)OB(c2cccc(CC3(O)CC4COCC(C3)N4C(=O)OCC3c4ccccc4-c4ccccc43)c2)OC1(C)C. The quantitative estimate of drug-likeness (QED) is 0.424. The topological polar surface area (TPSA) is 77.5 Å². The molecule has 3 aliphatic heterocycles. The van der Waals surface area contributed by atoms with Crippen molar-refractivity contribution in [2.75, 3.05) is 19.8 Å². The van der Waals surface area contributed by atoms with Gasteiger partial charge in [0.15, 0.2) is 0 Å². The zero-order chi connectivity index (χ0) is 30.0. The van der Waals surface area contributed by atoms with Crippen molar-refractivity contribution < 1.29 is 28.7 Å². The van der Waals surface area contributed by atoms with Crippen LogP contribution in [0.1, 0.15) is 63.1 Å². The van der Waals surface area contributed by atoms with Crippen LogP contribution in [0.4, 0.5) is 4.79 Å². The van der Waals surface area contributed by atoms with Gasteiger partial charge in [0.1, 0.15) is 6.61 Å². The van der Waals surface area contributed by atoms with Crippen molar-refractivity contribution in [1.82, 2.24) is 4.90 Å². The monoisotopic (exact) mass is 581 g/mol. The zero-order valence-electron chi connectivity index (χ0n) is 25.4. The fourth-order valence-corrected chi connectivity index (χ4v) is 7.39. The molecule has 2 bridgehead atoms. The molecule has 8 heteroatoms. The number of morpholine rings is 1. The number of amides is 1. The number of nitrogens with zero attached hydrogens (tertiary/aromatic N) is 1. The van der Waals surface area contributed by atoms with E-state index in [4.69, 9.17) is 18.8 Å². The van der Waals surface area contributed by atoms with E-state index in [2.05, 4.69) is 30.3 Å². The van der Waals surface area contributed by atoms with Gasteiger partial charge in [0.25, 0.3) is 0 Å². The maximum atomic E-state index is 13.6. The summed E-state index contributed by atoms with van der Waals surface area (Å²) in [4.78, 5) is 15.4. The molecule has 0 spiro atoms. The molecule has 2 atom stereocenters. The van der Waals surface area contributed by atoms with Crippen LogP contribution >= 0.6 is 0 Å². The molecule has 3 aromatic rings. The van der Waals surface area contributed by atoms with Gasteiger partial charge in [-0.1, -0.05) is 72.8 Å². The van der Waals surface area contributed by atoms with Crippen LogP contribution in [0.5, 0.6) is 0 Å². The van der Waals surface area contributed by atoms with Crippen LogP contribution in [0.25, 0.3) is 11.1 Å². The summed E-state index contributed by atoms with van der Waals surface area (Å²) in [6.45, 7) is 9.23. The molecule has 224 valence electrons. The van der Waals surface area contributed by atoms with Crippen molar-refractivity contribution in [1.29, 1.82) is 0 Å². The Labute approximate surface area is 254 Å². The van der Waals surface area contributed by atoms with Crippen LogP contribution in [-0.2, 0) is 25.2 Å². The molecule has 7 rings (SSSR count). The highest BCUT2D eigenvalue weighted by atomic mass is 16.7. The summed E-state index contributed by atoms with van der Waals surface area (Å²) in [5, 5.41) is 11.9. The number of carbonyl (C=O) groups excluding carboxylic acids is 1. The van der Waals surface area contributed by atoms with E-state index in [-0.39, 0.29) is 30.7 Å². The first-order valence-electron chi connectivity index (χ1n) is 15.4. The van der Waals surface area contributed by atoms with Crippen molar-refractivity contribution in [3.8, 4) is 11.1 Å². The Balaban J connectivity index is 1.03. The highest BCUT2D eigenvalue weighted by molar-refractivity contribution is 6.62. The molecular formula is C35H40BNO6. The molecule has 0 saturated carbocycles. The van der Waals surface area contributed by atoms with Crippen molar-refractivity contribution in [3.63, 3.8) is 0 Å². The molecule has 0 radical (unpaired) electrons. The number of piperidine rings is 1. The number of rotatable bonds is 5. The van der Waals surface area contributed by atoms with Gasteiger partial charge in [0.05, 0.1) is 42.1 Å². The molecule has 4 aliphatic rings. The Morgan fingerprint density at radius 1 is 0.884 bits per heavy atom. The number of hydrogen-bond acceptors (Lipinski definition) is 6. The fourth-order valence-electron chi connectivity index (χ4n) is 7.39. The van der Waals surface area contributed by atoms with E-state index in [1.807, 2.05) is 75.1 Å². The van der Waals surface area contributed by atoms with E-state index in [0.717, 1.165) is 11.0 Å². The zero-order valence-corrected chi connectivity index (χ0v) is 25.4. The van der Waals surface area contributed by atoms with Crippen molar-refractivity contribution in [2.24, 2.45) is 0 Å². The van der Waals surface area contributed by atoms with Gasteiger partial charge in [-0.2, -0.15) is 0 Å². The fraction of sp³-hybridized carbons (Fsp3) is 0.457. The number of hydrogen-bond donors (Lipinski definition) is 1. The van der Waals surface area contributed by atoms with E-state index in [0.29, 0.717) is 32.5 Å². The standard InChI is InChI=1S/C35H40BNO6/c1-33(2)34(3,4)43-36(42-33)24-11-9-10-23(16-24)17-35(39)18-25-20-40-21-26(19-35)37(25)32(38)41-22-31-29-14-7-5-12-27(29)28-13-6-8-15-30(28)31/h5-16,25-26,31,39H,17-22H2,1-4H3. The highest BCUT2D eigenvalue weighted by Crippen LogP contribution is 2.45. The maximum Gasteiger partial charge on any atom is 0.494 e. The lowest BCUT2D eigenvalue weighted by Crippen LogP contribution is -2.64. The maximum absolute atomic E-state index is 13.6. The van der Waals surface area contributed by atoms with Gasteiger partial charge < -0.3 is 23.9 Å². The number of carbonyl (C=O) groups is 1. The highest BCUT2D eigenvalue weighted by Gasteiger charge is 2.52. The lowest BCUT2D eigenvalue weighted by Gasteiger charge is -2.51.